The molecular formula is C13H13. The summed E-state index contributed by atoms with van der Waals surface area (Å²) in [5.41, 5.74) is 1.49. The smallest absolute Gasteiger partial charge is 0.00618 e. The van der Waals surface area contributed by atoms with Gasteiger partial charge in [-0.05, 0) is 36.2 Å². The number of fused-ring (bicyclic) bond motifs is 2. The Morgan fingerprint density at radius 3 is 2.46 bits per heavy atom. The van der Waals surface area contributed by atoms with Gasteiger partial charge >= 0.3 is 0 Å². The molecule has 1 aromatic rings. The van der Waals surface area contributed by atoms with E-state index in [1.165, 1.54) is 12.0 Å². The Bertz CT molecular complexity index is 323. The fourth-order valence-corrected chi connectivity index (χ4v) is 2.61. The first-order valence-electron chi connectivity index (χ1n) is 5.02. The predicted octanol–water partition coefficient (Wildman–Crippen LogP) is 3.18. The largest absolute Gasteiger partial charge is 0.0848 e. The van der Waals surface area contributed by atoms with Gasteiger partial charge < -0.3 is 0 Å². The Hall–Kier alpha value is -1.04. The topological polar surface area (TPSA) is 0 Å². The molecule has 2 bridgehead atoms. The number of hydrogen-bond acceptors (Lipinski definition) is 0. The summed E-state index contributed by atoms with van der Waals surface area (Å²) in [5, 5.41) is 0. The molecule has 0 heteroatoms. The highest BCUT2D eigenvalue weighted by Crippen LogP contribution is 2.47. The Morgan fingerprint density at radius 2 is 1.85 bits per heavy atom. The van der Waals surface area contributed by atoms with E-state index in [2.05, 4.69) is 48.9 Å². The first kappa shape index (κ1) is 7.37. The summed E-state index contributed by atoms with van der Waals surface area (Å²) >= 11 is 0. The summed E-state index contributed by atoms with van der Waals surface area (Å²) in [6.45, 7) is 0. The van der Waals surface area contributed by atoms with Crippen LogP contribution < -0.4 is 0 Å². The third-order valence-corrected chi connectivity index (χ3v) is 3.25. The van der Waals surface area contributed by atoms with Gasteiger partial charge in [0.05, 0.1) is 0 Å². The Kier molecular flexibility index (Phi) is 1.55. The molecule has 0 aromatic heterocycles. The first-order chi connectivity index (χ1) is 6.43. The number of rotatable bonds is 1. The van der Waals surface area contributed by atoms with E-state index >= 15 is 0 Å². The summed E-state index contributed by atoms with van der Waals surface area (Å²) in [7, 11) is 0. The lowest BCUT2D eigenvalue weighted by molar-refractivity contribution is 0.628. The van der Waals surface area contributed by atoms with E-state index < -0.39 is 0 Å². The van der Waals surface area contributed by atoms with Crippen molar-refractivity contribution in [3.05, 3.63) is 54.5 Å². The predicted molar refractivity (Wildman–Crippen MR) is 54.2 cm³/mol. The van der Waals surface area contributed by atoms with Gasteiger partial charge in [0.2, 0.25) is 0 Å². The molecule has 3 atom stereocenters. The third-order valence-electron chi connectivity index (χ3n) is 3.25. The van der Waals surface area contributed by atoms with Crippen LogP contribution in [0.5, 0.6) is 0 Å². The second kappa shape index (κ2) is 2.73. The quantitative estimate of drug-likeness (QED) is 0.566. The first-order valence-corrected chi connectivity index (χ1v) is 5.02. The summed E-state index contributed by atoms with van der Waals surface area (Å²) in [6.07, 6.45) is 8.59. The maximum atomic E-state index is 2.50. The van der Waals surface area contributed by atoms with E-state index in [1.807, 2.05) is 0 Å². The Labute approximate surface area is 79.3 Å². The van der Waals surface area contributed by atoms with E-state index in [1.54, 1.807) is 0 Å². The molecule has 0 aliphatic heterocycles. The van der Waals surface area contributed by atoms with Crippen molar-refractivity contribution in [1.82, 2.24) is 0 Å². The zero-order chi connectivity index (χ0) is 8.67. The molecule has 13 heavy (non-hydrogen) atoms. The van der Waals surface area contributed by atoms with Gasteiger partial charge in [0.1, 0.15) is 0 Å². The molecule has 65 valence electrons. The molecule has 0 N–H and O–H groups in total. The van der Waals surface area contributed by atoms with Crippen LogP contribution >= 0.6 is 0 Å². The van der Waals surface area contributed by atoms with Crippen molar-refractivity contribution in [2.24, 2.45) is 11.8 Å². The van der Waals surface area contributed by atoms with Gasteiger partial charge in [-0.1, -0.05) is 42.5 Å². The SMILES string of the molecule is [CH]1C2C=CC(C2)C1c1ccccc1. The van der Waals surface area contributed by atoms with Crippen LogP contribution in [0.3, 0.4) is 0 Å². The molecule has 0 heterocycles. The maximum Gasteiger partial charge on any atom is -0.00618 e. The van der Waals surface area contributed by atoms with E-state index in [9.17, 15) is 0 Å². The average Bonchev–Trinajstić information content (AvgIpc) is 2.80. The van der Waals surface area contributed by atoms with Crippen LogP contribution in [-0.4, -0.2) is 0 Å². The fourth-order valence-electron chi connectivity index (χ4n) is 2.61. The third kappa shape index (κ3) is 1.13. The zero-order valence-electron chi connectivity index (χ0n) is 7.56. The van der Waals surface area contributed by atoms with Crippen molar-refractivity contribution in [3.63, 3.8) is 0 Å². The summed E-state index contributed by atoms with van der Waals surface area (Å²) in [6, 6.07) is 10.9. The van der Waals surface area contributed by atoms with Crippen molar-refractivity contribution in [2.45, 2.75) is 12.3 Å². The summed E-state index contributed by atoms with van der Waals surface area (Å²) in [4.78, 5) is 0. The normalized spacial score (nSPS) is 35.5. The van der Waals surface area contributed by atoms with Crippen LogP contribution in [0.25, 0.3) is 0 Å². The number of benzene rings is 1. The van der Waals surface area contributed by atoms with Crippen molar-refractivity contribution in [3.8, 4) is 0 Å². The summed E-state index contributed by atoms with van der Waals surface area (Å²) < 4.78 is 0. The lowest BCUT2D eigenvalue weighted by Gasteiger charge is -2.17. The van der Waals surface area contributed by atoms with Crippen LogP contribution in [0.4, 0.5) is 0 Å². The molecule has 0 spiro atoms. The van der Waals surface area contributed by atoms with Gasteiger partial charge in [-0.3, -0.25) is 0 Å². The molecule has 1 saturated carbocycles. The van der Waals surface area contributed by atoms with Crippen molar-refractivity contribution in [2.75, 3.05) is 0 Å². The monoisotopic (exact) mass is 169 g/mol. The van der Waals surface area contributed by atoms with E-state index in [4.69, 9.17) is 0 Å². The Balaban J connectivity index is 1.92. The number of allylic oxidation sites excluding steroid dienone is 2. The van der Waals surface area contributed by atoms with Crippen LogP contribution in [0.1, 0.15) is 17.9 Å². The van der Waals surface area contributed by atoms with Crippen LogP contribution in [-0.2, 0) is 0 Å². The second-order valence-electron chi connectivity index (χ2n) is 4.08. The molecule has 3 rings (SSSR count). The fraction of sp³-hybridized carbons (Fsp3) is 0.308. The zero-order valence-corrected chi connectivity index (χ0v) is 7.56. The minimum Gasteiger partial charge on any atom is -0.0848 e. The van der Waals surface area contributed by atoms with Gasteiger partial charge in [-0.2, -0.15) is 0 Å². The van der Waals surface area contributed by atoms with Crippen molar-refractivity contribution in [1.29, 1.82) is 0 Å². The van der Waals surface area contributed by atoms with E-state index in [0.29, 0.717) is 5.92 Å². The molecule has 2 aliphatic carbocycles. The lowest BCUT2D eigenvalue weighted by Crippen LogP contribution is -2.04. The molecule has 0 amide bonds. The highest BCUT2D eigenvalue weighted by molar-refractivity contribution is 5.32. The van der Waals surface area contributed by atoms with Gasteiger partial charge in [0.15, 0.2) is 0 Å². The lowest BCUT2D eigenvalue weighted by atomic mass is 9.87. The molecular weight excluding hydrogens is 156 g/mol. The highest BCUT2D eigenvalue weighted by atomic mass is 14.4. The molecule has 1 fully saturated rings. The highest BCUT2D eigenvalue weighted by Gasteiger charge is 2.36. The standard InChI is InChI=1S/C13H13/c1-2-4-11(5-3-1)13-9-10-6-7-12(13)8-10/h1-7,9-10,12-13H,8H2. The molecule has 2 aliphatic rings. The average molecular weight is 169 g/mol. The molecule has 1 aromatic carbocycles. The minimum absolute atomic E-state index is 0.691. The molecule has 1 radical (unpaired) electrons. The van der Waals surface area contributed by atoms with Gasteiger partial charge in [-0.25, -0.2) is 0 Å². The van der Waals surface area contributed by atoms with Crippen LogP contribution in [0, 0.1) is 18.3 Å². The van der Waals surface area contributed by atoms with Gasteiger partial charge in [0.25, 0.3) is 0 Å². The van der Waals surface area contributed by atoms with Crippen LogP contribution in [0.2, 0.25) is 0 Å². The van der Waals surface area contributed by atoms with Crippen molar-refractivity contribution < 1.29 is 0 Å². The molecule has 0 saturated heterocycles. The number of hydrogen-bond donors (Lipinski definition) is 0. The summed E-state index contributed by atoms with van der Waals surface area (Å²) in [5.74, 6) is 2.24. The van der Waals surface area contributed by atoms with Gasteiger partial charge in [0, 0.05) is 0 Å². The Morgan fingerprint density at radius 1 is 1.00 bits per heavy atom. The molecule has 3 unspecified atom stereocenters. The second-order valence-corrected chi connectivity index (χ2v) is 4.08. The van der Waals surface area contributed by atoms with Gasteiger partial charge in [-0.15, -0.1) is 0 Å². The minimum atomic E-state index is 0.691. The van der Waals surface area contributed by atoms with E-state index in [0.717, 1.165) is 11.8 Å². The van der Waals surface area contributed by atoms with E-state index in [-0.39, 0.29) is 0 Å². The maximum absolute atomic E-state index is 2.50. The van der Waals surface area contributed by atoms with Crippen LogP contribution in [0.15, 0.2) is 42.5 Å². The van der Waals surface area contributed by atoms with Crippen molar-refractivity contribution >= 4 is 0 Å². The molecule has 0 nitrogen and oxygen atoms in total.